The first-order chi connectivity index (χ1) is 12.3. The van der Waals surface area contributed by atoms with Gasteiger partial charge in [-0.2, -0.15) is 13.2 Å². The second-order valence-electron chi connectivity index (χ2n) is 5.00. The minimum absolute atomic E-state index is 0.0137. The number of carbonyl (C=O) groups is 1. The van der Waals surface area contributed by atoms with E-state index in [1.807, 2.05) is 0 Å². The Kier molecular flexibility index (Phi) is 6.62. The van der Waals surface area contributed by atoms with Crippen LogP contribution >= 0.6 is 11.6 Å². The summed E-state index contributed by atoms with van der Waals surface area (Å²) in [5, 5.41) is 2.73. The Hall–Kier alpha value is -2.55. The lowest BCUT2D eigenvalue weighted by Gasteiger charge is -2.10. The summed E-state index contributed by atoms with van der Waals surface area (Å²) in [6, 6.07) is 5.86. The van der Waals surface area contributed by atoms with Crippen molar-refractivity contribution < 1.29 is 27.4 Å². The fraction of sp³-hybridized carbons (Fsp3) is 0.312. The Balaban J connectivity index is 2.00. The average molecular weight is 390 g/mol. The largest absolute Gasteiger partial charge is 0.478 e. The Morgan fingerprint density at radius 1 is 1.23 bits per heavy atom. The molecule has 0 saturated carbocycles. The predicted molar refractivity (Wildman–Crippen MR) is 87.4 cm³/mol. The lowest BCUT2D eigenvalue weighted by Crippen LogP contribution is -2.24. The monoisotopic (exact) mass is 389 g/mol. The van der Waals surface area contributed by atoms with Crippen LogP contribution in [0.1, 0.15) is 23.0 Å². The van der Waals surface area contributed by atoms with E-state index in [-0.39, 0.29) is 29.0 Å². The number of nitrogens with zero attached hydrogens (tertiary/aromatic N) is 2. The second-order valence-corrected chi connectivity index (χ2v) is 5.41. The number of amides is 1. The second kappa shape index (κ2) is 8.70. The Morgan fingerprint density at radius 3 is 2.69 bits per heavy atom. The first kappa shape index (κ1) is 19.8. The molecule has 0 aliphatic heterocycles. The van der Waals surface area contributed by atoms with Crippen LogP contribution < -0.4 is 14.8 Å². The third kappa shape index (κ3) is 6.07. The third-order valence-corrected chi connectivity index (χ3v) is 3.27. The van der Waals surface area contributed by atoms with Gasteiger partial charge in [-0.25, -0.2) is 9.97 Å². The quantitative estimate of drug-likeness (QED) is 0.785. The summed E-state index contributed by atoms with van der Waals surface area (Å²) in [5.41, 5.74) is 0.489. The summed E-state index contributed by atoms with van der Waals surface area (Å²) in [6.45, 7) is 0.742. The van der Waals surface area contributed by atoms with Gasteiger partial charge in [-0.15, -0.1) is 0 Å². The van der Waals surface area contributed by atoms with Gasteiger partial charge in [-0.1, -0.05) is 11.6 Å². The molecule has 1 N–H and O–H groups in total. The van der Waals surface area contributed by atoms with Gasteiger partial charge >= 0.3 is 6.18 Å². The van der Waals surface area contributed by atoms with Crippen LogP contribution in [0.2, 0.25) is 5.02 Å². The first-order valence-corrected chi connectivity index (χ1v) is 7.88. The maximum Gasteiger partial charge on any atom is 0.422 e. The van der Waals surface area contributed by atoms with Gasteiger partial charge in [0.25, 0.3) is 5.91 Å². The maximum atomic E-state index is 12.2. The molecule has 140 valence electrons. The highest BCUT2D eigenvalue weighted by molar-refractivity contribution is 6.33. The van der Waals surface area contributed by atoms with Gasteiger partial charge in [0.2, 0.25) is 11.8 Å². The molecule has 2 heterocycles. The van der Waals surface area contributed by atoms with Crippen molar-refractivity contribution in [3.8, 4) is 11.8 Å². The minimum Gasteiger partial charge on any atom is -0.478 e. The van der Waals surface area contributed by atoms with Crippen molar-refractivity contribution in [1.82, 2.24) is 15.3 Å². The highest BCUT2D eigenvalue weighted by atomic mass is 35.5. The zero-order valence-electron chi connectivity index (χ0n) is 13.6. The van der Waals surface area contributed by atoms with E-state index in [1.54, 1.807) is 6.92 Å². The van der Waals surface area contributed by atoms with Crippen molar-refractivity contribution in [3.05, 3.63) is 46.7 Å². The molecule has 2 aromatic rings. The summed E-state index contributed by atoms with van der Waals surface area (Å²) in [7, 11) is 0. The van der Waals surface area contributed by atoms with E-state index in [4.69, 9.17) is 16.3 Å². The zero-order valence-corrected chi connectivity index (χ0v) is 14.4. The van der Waals surface area contributed by atoms with Gasteiger partial charge in [0.05, 0.1) is 11.6 Å². The predicted octanol–water partition coefficient (Wildman–Crippen LogP) is 3.40. The number of hydrogen-bond donors (Lipinski definition) is 1. The summed E-state index contributed by atoms with van der Waals surface area (Å²) in [4.78, 5) is 19.9. The fourth-order valence-electron chi connectivity index (χ4n) is 1.87. The number of nitrogens with one attached hydrogen (secondary N) is 1. The molecule has 0 fully saturated rings. The lowest BCUT2D eigenvalue weighted by atomic mass is 10.2. The number of alkyl halides is 3. The molecule has 0 spiro atoms. The molecule has 10 heteroatoms. The molecule has 1 amide bonds. The molecule has 0 aromatic carbocycles. The van der Waals surface area contributed by atoms with Crippen molar-refractivity contribution in [3.63, 3.8) is 0 Å². The molecule has 6 nitrogen and oxygen atoms in total. The zero-order chi connectivity index (χ0) is 19.2. The Labute approximate surface area is 152 Å². The average Bonchev–Trinajstić information content (AvgIpc) is 2.59. The van der Waals surface area contributed by atoms with E-state index in [0.29, 0.717) is 12.2 Å². The molecule has 0 radical (unpaired) electrons. The highest BCUT2D eigenvalue weighted by Crippen LogP contribution is 2.19. The minimum atomic E-state index is -4.46. The standard InChI is InChI=1S/C16H15ClF3N3O3/c1-2-25-12-4-3-11(17)14(23-12)15(24)22-8-10-5-6-21-13(7-10)26-9-16(18,19)20/h3-7H,2,8-9H2,1H3,(H,22,24). The van der Waals surface area contributed by atoms with Crippen molar-refractivity contribution >= 4 is 17.5 Å². The third-order valence-electron chi connectivity index (χ3n) is 2.96. The van der Waals surface area contributed by atoms with Gasteiger partial charge in [0, 0.05) is 24.9 Å². The molecule has 2 rings (SSSR count). The van der Waals surface area contributed by atoms with Crippen molar-refractivity contribution in [2.45, 2.75) is 19.6 Å². The number of rotatable bonds is 7. The van der Waals surface area contributed by atoms with E-state index in [0.717, 1.165) is 0 Å². The molecule has 0 unspecified atom stereocenters. The fourth-order valence-corrected chi connectivity index (χ4v) is 2.06. The summed E-state index contributed by atoms with van der Waals surface area (Å²) < 4.78 is 46.3. The van der Waals surface area contributed by atoms with Crippen molar-refractivity contribution in [1.29, 1.82) is 0 Å². The van der Waals surface area contributed by atoms with E-state index in [2.05, 4.69) is 20.0 Å². The Bertz CT molecular complexity index is 772. The number of hydrogen-bond acceptors (Lipinski definition) is 5. The van der Waals surface area contributed by atoms with E-state index >= 15 is 0 Å². The van der Waals surface area contributed by atoms with Crippen LogP contribution in [0.3, 0.4) is 0 Å². The summed E-state index contributed by atoms with van der Waals surface area (Å²) in [5.74, 6) is -0.483. The smallest absolute Gasteiger partial charge is 0.422 e. The van der Waals surface area contributed by atoms with Gasteiger partial charge in [0.15, 0.2) is 12.3 Å². The van der Waals surface area contributed by atoms with Crippen LogP contribution in [0.15, 0.2) is 30.5 Å². The van der Waals surface area contributed by atoms with Crippen molar-refractivity contribution in [2.24, 2.45) is 0 Å². The molecule has 0 atom stereocenters. The number of ether oxygens (including phenoxy) is 2. The van der Waals surface area contributed by atoms with E-state index in [1.165, 1.54) is 30.5 Å². The molecule has 0 aliphatic carbocycles. The molecule has 26 heavy (non-hydrogen) atoms. The molecular formula is C16H15ClF3N3O3. The number of halogens is 4. The maximum absolute atomic E-state index is 12.2. The highest BCUT2D eigenvalue weighted by Gasteiger charge is 2.28. The van der Waals surface area contributed by atoms with Gasteiger partial charge in [0.1, 0.15) is 0 Å². The normalized spacial score (nSPS) is 11.1. The molecular weight excluding hydrogens is 375 g/mol. The summed E-state index contributed by atoms with van der Waals surface area (Å²) >= 11 is 5.97. The van der Waals surface area contributed by atoms with E-state index in [9.17, 15) is 18.0 Å². The van der Waals surface area contributed by atoms with Crippen LogP contribution in [-0.4, -0.2) is 35.3 Å². The first-order valence-electron chi connectivity index (χ1n) is 7.50. The van der Waals surface area contributed by atoms with Crippen molar-refractivity contribution in [2.75, 3.05) is 13.2 Å². The topological polar surface area (TPSA) is 73.3 Å². The number of carbonyl (C=O) groups excluding carboxylic acids is 1. The number of aromatic nitrogens is 2. The molecule has 0 bridgehead atoms. The van der Waals surface area contributed by atoms with Crippen LogP contribution in [-0.2, 0) is 6.54 Å². The van der Waals surface area contributed by atoms with Crippen LogP contribution in [0, 0.1) is 0 Å². The van der Waals surface area contributed by atoms with Crippen LogP contribution in [0.5, 0.6) is 11.8 Å². The summed E-state index contributed by atoms with van der Waals surface area (Å²) in [6.07, 6.45) is -3.17. The Morgan fingerprint density at radius 2 is 2.00 bits per heavy atom. The molecule has 2 aromatic heterocycles. The molecule has 0 aliphatic rings. The SMILES string of the molecule is CCOc1ccc(Cl)c(C(=O)NCc2ccnc(OCC(F)(F)F)c2)n1. The molecule has 0 saturated heterocycles. The number of pyridine rings is 2. The van der Waals surface area contributed by atoms with Crippen LogP contribution in [0.25, 0.3) is 0 Å². The lowest BCUT2D eigenvalue weighted by molar-refractivity contribution is -0.154. The van der Waals surface area contributed by atoms with E-state index < -0.39 is 18.7 Å². The van der Waals surface area contributed by atoms with Gasteiger partial charge in [-0.3, -0.25) is 4.79 Å². The van der Waals surface area contributed by atoms with Gasteiger partial charge in [-0.05, 0) is 24.6 Å². The van der Waals surface area contributed by atoms with Crippen LogP contribution in [0.4, 0.5) is 13.2 Å². The van der Waals surface area contributed by atoms with Gasteiger partial charge < -0.3 is 14.8 Å².